The molecule has 0 fully saturated rings. The van der Waals surface area contributed by atoms with Crippen molar-refractivity contribution in [3.8, 4) is 5.75 Å². The van der Waals surface area contributed by atoms with Crippen molar-refractivity contribution in [1.82, 2.24) is 4.98 Å². The van der Waals surface area contributed by atoms with Gasteiger partial charge in [-0.3, -0.25) is 10.1 Å². The summed E-state index contributed by atoms with van der Waals surface area (Å²) in [5.74, 6) is -14.7. The van der Waals surface area contributed by atoms with Crippen LogP contribution in [0.5, 0.6) is 5.75 Å². The van der Waals surface area contributed by atoms with Gasteiger partial charge in [0.25, 0.3) is 5.69 Å². The molecular weight excluding hydrogens is 391 g/mol. The zero-order chi connectivity index (χ0) is 21.2. The van der Waals surface area contributed by atoms with Gasteiger partial charge < -0.3 is 9.72 Å². The van der Waals surface area contributed by atoms with Crippen LogP contribution in [0.4, 0.5) is 27.6 Å². The van der Waals surface area contributed by atoms with Crippen LogP contribution in [0.3, 0.4) is 0 Å². The van der Waals surface area contributed by atoms with Gasteiger partial charge in [-0.15, -0.1) is 0 Å². The highest BCUT2D eigenvalue weighted by atomic mass is 19.2. The minimum absolute atomic E-state index is 0.128. The first kappa shape index (κ1) is 20.8. The number of esters is 1. The number of non-ortho nitro benzene ring substituents is 1. The van der Waals surface area contributed by atoms with Gasteiger partial charge in [0.1, 0.15) is 5.69 Å². The molecule has 0 radical (unpaired) electrons. The van der Waals surface area contributed by atoms with Crippen LogP contribution < -0.4 is 4.74 Å². The number of halogens is 5. The molecule has 1 heterocycles. The standard InChI is InChI=1S/C15H5F5N2O4.C2H6/c16-9-10(17)12(19)14(13(20)11(9)18)26-15(23)8-3-5-1-2-6(22(24)25)4-7(5)21-8;1-2/h1-4,21H;1-2H3. The van der Waals surface area contributed by atoms with E-state index in [4.69, 9.17) is 0 Å². The summed E-state index contributed by atoms with van der Waals surface area (Å²) in [4.78, 5) is 24.4. The largest absolute Gasteiger partial charge is 0.415 e. The number of rotatable bonds is 3. The summed E-state index contributed by atoms with van der Waals surface area (Å²) < 4.78 is 70.6. The van der Waals surface area contributed by atoms with E-state index in [9.17, 15) is 36.9 Å². The van der Waals surface area contributed by atoms with E-state index < -0.39 is 51.4 Å². The average molecular weight is 402 g/mol. The molecule has 28 heavy (non-hydrogen) atoms. The Morgan fingerprint density at radius 2 is 1.50 bits per heavy atom. The number of aromatic nitrogens is 1. The summed E-state index contributed by atoms with van der Waals surface area (Å²) in [6.07, 6.45) is 0. The van der Waals surface area contributed by atoms with E-state index >= 15 is 0 Å². The Morgan fingerprint density at radius 1 is 0.964 bits per heavy atom. The van der Waals surface area contributed by atoms with E-state index in [0.717, 1.165) is 18.2 Å². The van der Waals surface area contributed by atoms with Crippen LogP contribution in [0.25, 0.3) is 10.9 Å². The Hall–Kier alpha value is -3.50. The maximum atomic E-state index is 13.5. The van der Waals surface area contributed by atoms with Crippen molar-refractivity contribution in [2.75, 3.05) is 0 Å². The van der Waals surface area contributed by atoms with Gasteiger partial charge in [0.05, 0.1) is 10.4 Å². The van der Waals surface area contributed by atoms with Gasteiger partial charge in [-0.05, 0) is 12.1 Å². The molecule has 3 aromatic rings. The number of carbonyl (C=O) groups is 1. The lowest BCUT2D eigenvalue weighted by molar-refractivity contribution is -0.384. The second-order valence-corrected chi connectivity index (χ2v) is 5.00. The number of nitrogens with one attached hydrogen (secondary N) is 1. The molecule has 1 aromatic heterocycles. The van der Waals surface area contributed by atoms with E-state index in [2.05, 4.69) is 9.72 Å². The number of nitro groups is 1. The molecule has 6 nitrogen and oxygen atoms in total. The van der Waals surface area contributed by atoms with E-state index in [1.54, 1.807) is 0 Å². The van der Waals surface area contributed by atoms with Gasteiger partial charge in [0.15, 0.2) is 0 Å². The Morgan fingerprint density at radius 3 is 2.04 bits per heavy atom. The summed E-state index contributed by atoms with van der Waals surface area (Å²) in [5, 5.41) is 11.0. The zero-order valence-corrected chi connectivity index (χ0v) is 14.3. The van der Waals surface area contributed by atoms with Crippen molar-refractivity contribution in [3.05, 3.63) is 69.2 Å². The average Bonchev–Trinajstić information content (AvgIpc) is 3.13. The molecule has 0 saturated heterocycles. The van der Waals surface area contributed by atoms with Gasteiger partial charge in [-0.25, -0.2) is 18.0 Å². The number of H-pyrrole nitrogens is 1. The van der Waals surface area contributed by atoms with Crippen molar-refractivity contribution < 1.29 is 36.4 Å². The SMILES string of the molecule is CC.O=C(Oc1c(F)c(F)c(F)c(F)c1F)c1cc2ccc([N+](=O)[O-])cc2[nH]1. The number of nitrogens with zero attached hydrogens (tertiary/aromatic N) is 1. The smallest absolute Gasteiger partial charge is 0.360 e. The summed E-state index contributed by atoms with van der Waals surface area (Å²) in [6, 6.07) is 4.66. The molecule has 0 atom stereocenters. The fourth-order valence-corrected chi connectivity index (χ4v) is 2.16. The van der Waals surface area contributed by atoms with Gasteiger partial charge in [-0.1, -0.05) is 13.8 Å². The number of fused-ring (bicyclic) bond motifs is 1. The van der Waals surface area contributed by atoms with Crippen molar-refractivity contribution in [1.29, 1.82) is 0 Å². The number of nitro benzene ring substituents is 1. The number of hydrogen-bond donors (Lipinski definition) is 1. The van der Waals surface area contributed by atoms with Crippen LogP contribution in [0.2, 0.25) is 0 Å². The lowest BCUT2D eigenvalue weighted by Crippen LogP contribution is -2.14. The molecule has 0 aliphatic heterocycles. The molecule has 148 valence electrons. The molecule has 0 saturated carbocycles. The molecule has 0 amide bonds. The minimum Gasteiger partial charge on any atom is -0.415 e. The third-order valence-corrected chi connectivity index (χ3v) is 3.40. The van der Waals surface area contributed by atoms with E-state index in [-0.39, 0.29) is 11.2 Å². The third-order valence-electron chi connectivity index (χ3n) is 3.40. The Balaban J connectivity index is 0.00000136. The fourth-order valence-electron chi connectivity index (χ4n) is 2.16. The van der Waals surface area contributed by atoms with Crippen LogP contribution in [-0.4, -0.2) is 15.9 Å². The fraction of sp³-hybridized carbons (Fsp3) is 0.118. The molecule has 11 heteroatoms. The van der Waals surface area contributed by atoms with Crippen molar-refractivity contribution in [2.45, 2.75) is 13.8 Å². The molecule has 2 aromatic carbocycles. The Labute approximate surface area is 153 Å². The third kappa shape index (κ3) is 3.63. The van der Waals surface area contributed by atoms with Crippen molar-refractivity contribution >= 4 is 22.6 Å². The molecule has 1 N–H and O–H groups in total. The van der Waals surface area contributed by atoms with Crippen molar-refractivity contribution in [3.63, 3.8) is 0 Å². The molecule has 0 aliphatic rings. The molecule has 0 aliphatic carbocycles. The van der Waals surface area contributed by atoms with E-state index in [1.807, 2.05) is 13.8 Å². The van der Waals surface area contributed by atoms with Gasteiger partial charge in [-0.2, -0.15) is 8.78 Å². The Kier molecular flexibility index (Phi) is 5.96. The highest BCUT2D eigenvalue weighted by Gasteiger charge is 2.29. The van der Waals surface area contributed by atoms with Crippen LogP contribution in [0.1, 0.15) is 24.3 Å². The Bertz CT molecular complexity index is 1050. The van der Waals surface area contributed by atoms with E-state index in [1.165, 1.54) is 6.07 Å². The first-order valence-electron chi connectivity index (χ1n) is 7.71. The van der Waals surface area contributed by atoms with Crippen molar-refractivity contribution in [2.24, 2.45) is 0 Å². The predicted molar refractivity (Wildman–Crippen MR) is 87.5 cm³/mol. The summed E-state index contributed by atoms with van der Waals surface area (Å²) in [6.45, 7) is 4.00. The molecular formula is C17H11F5N2O4. The molecule has 0 unspecified atom stereocenters. The number of benzene rings is 2. The van der Waals surface area contributed by atoms with Gasteiger partial charge in [0, 0.05) is 17.5 Å². The first-order valence-corrected chi connectivity index (χ1v) is 7.71. The zero-order valence-electron chi connectivity index (χ0n) is 14.3. The lowest BCUT2D eigenvalue weighted by atomic mass is 10.2. The van der Waals surface area contributed by atoms with Crippen LogP contribution >= 0.6 is 0 Å². The maximum Gasteiger partial charge on any atom is 0.360 e. The van der Waals surface area contributed by atoms with Crippen LogP contribution in [0.15, 0.2) is 24.3 Å². The second kappa shape index (κ2) is 8.03. The summed E-state index contributed by atoms with van der Waals surface area (Å²) in [5.41, 5.74) is -0.577. The highest BCUT2D eigenvalue weighted by molar-refractivity contribution is 5.96. The van der Waals surface area contributed by atoms with Crippen LogP contribution in [-0.2, 0) is 0 Å². The normalized spacial score (nSPS) is 10.4. The lowest BCUT2D eigenvalue weighted by Gasteiger charge is -2.07. The number of carbonyl (C=O) groups excluding carboxylic acids is 1. The van der Waals surface area contributed by atoms with Gasteiger partial charge >= 0.3 is 5.97 Å². The monoisotopic (exact) mass is 402 g/mol. The van der Waals surface area contributed by atoms with Gasteiger partial charge in [0.2, 0.25) is 34.8 Å². The molecule has 0 bridgehead atoms. The summed E-state index contributed by atoms with van der Waals surface area (Å²) in [7, 11) is 0. The van der Waals surface area contributed by atoms with Crippen LogP contribution in [0, 0.1) is 39.2 Å². The number of aromatic amines is 1. The number of ether oxygens (including phenoxy) is 1. The quantitative estimate of drug-likeness (QED) is 0.127. The predicted octanol–water partition coefficient (Wildman–Crippen LogP) is 5.02. The maximum absolute atomic E-state index is 13.5. The van der Waals surface area contributed by atoms with E-state index in [0.29, 0.717) is 5.39 Å². The second-order valence-electron chi connectivity index (χ2n) is 5.00. The first-order chi connectivity index (χ1) is 13.2. The topological polar surface area (TPSA) is 85.2 Å². The molecule has 3 rings (SSSR count). The molecule has 0 spiro atoms. The summed E-state index contributed by atoms with van der Waals surface area (Å²) >= 11 is 0. The highest BCUT2D eigenvalue weighted by Crippen LogP contribution is 2.30. The number of hydrogen-bond acceptors (Lipinski definition) is 4. The minimum atomic E-state index is -2.39.